The van der Waals surface area contributed by atoms with Gasteiger partial charge in [0.2, 0.25) is 0 Å². The molecule has 0 spiro atoms. The number of aromatic nitrogens is 4. The van der Waals surface area contributed by atoms with Crippen molar-refractivity contribution in [2.75, 3.05) is 0 Å². The topological polar surface area (TPSA) is 103 Å². The number of pyridine rings is 1. The monoisotopic (exact) mass is 252 g/mol. The van der Waals surface area contributed by atoms with Crippen molar-refractivity contribution in [2.45, 2.75) is 0 Å². The van der Waals surface area contributed by atoms with Gasteiger partial charge in [0.05, 0.1) is 28.6 Å². The van der Waals surface area contributed by atoms with Crippen molar-refractivity contribution in [1.29, 1.82) is 0 Å². The molecule has 0 aliphatic heterocycles. The third-order valence-corrected chi connectivity index (χ3v) is 2.48. The Kier molecular flexibility index (Phi) is 3.20. The Morgan fingerprint density at radius 1 is 1.39 bits per heavy atom. The predicted molar refractivity (Wildman–Crippen MR) is 55.4 cm³/mol. The minimum Gasteiger partial charge on any atom is -0.545 e. The van der Waals surface area contributed by atoms with Gasteiger partial charge in [-0.1, -0.05) is 0 Å². The van der Waals surface area contributed by atoms with Crippen molar-refractivity contribution in [3.05, 3.63) is 40.6 Å². The molecule has 0 fully saturated rings. The van der Waals surface area contributed by atoms with Crippen LogP contribution in [-0.4, -0.2) is 25.6 Å². The molecule has 0 amide bonds. The first kappa shape index (κ1) is 12.7. The maximum atomic E-state index is 11.5. The maximum absolute atomic E-state index is 11.5. The Bertz CT molecular complexity index is 808. The van der Waals surface area contributed by atoms with Crippen LogP contribution in [0.1, 0.15) is 10.4 Å². The number of H-pyrrole nitrogens is 1. The second-order valence-corrected chi connectivity index (χ2v) is 3.45. The number of nitrogens with one attached hydrogen (secondary N) is 1. The molecule has 3 heterocycles. The van der Waals surface area contributed by atoms with E-state index >= 15 is 0 Å². The van der Waals surface area contributed by atoms with E-state index in [0.29, 0.717) is 10.9 Å². The fourth-order valence-corrected chi connectivity index (χ4v) is 1.70. The normalized spacial score (nSPS) is 10.4. The predicted octanol–water partition coefficient (Wildman–Crippen LogP) is -4.06. The fraction of sp³-hybridized carbons (Fsp3) is 0. The van der Waals surface area contributed by atoms with Gasteiger partial charge in [0.1, 0.15) is 0 Å². The molecular formula is C10H5N4NaO3. The van der Waals surface area contributed by atoms with Gasteiger partial charge in [-0.25, -0.2) is 9.50 Å². The average Bonchev–Trinajstić information content (AvgIpc) is 2.73. The van der Waals surface area contributed by atoms with Gasteiger partial charge in [-0.15, -0.1) is 0 Å². The molecule has 7 nitrogen and oxygen atoms in total. The Morgan fingerprint density at radius 3 is 2.89 bits per heavy atom. The van der Waals surface area contributed by atoms with Gasteiger partial charge in [0.25, 0.3) is 5.56 Å². The number of hydrogen-bond acceptors (Lipinski definition) is 5. The van der Waals surface area contributed by atoms with Crippen molar-refractivity contribution < 1.29 is 39.5 Å². The van der Waals surface area contributed by atoms with Crippen molar-refractivity contribution >= 4 is 22.5 Å². The number of carbonyl (C=O) groups excluding carboxylic acids is 1. The Balaban J connectivity index is 0.00000120. The molecular weight excluding hydrogens is 247 g/mol. The van der Waals surface area contributed by atoms with E-state index in [9.17, 15) is 14.7 Å². The van der Waals surface area contributed by atoms with E-state index in [1.165, 1.54) is 16.9 Å². The summed E-state index contributed by atoms with van der Waals surface area (Å²) in [6.07, 6.45) is 3.93. The van der Waals surface area contributed by atoms with E-state index in [4.69, 9.17) is 0 Å². The Hall–Kier alpha value is -1.70. The molecule has 0 bridgehead atoms. The SMILES string of the molecule is O=C([O-])c1cnn2c1ncc1c(=O)[nH]ccc12.[Na+]. The summed E-state index contributed by atoms with van der Waals surface area (Å²) in [6, 6.07) is 1.62. The first-order valence-electron chi connectivity index (χ1n) is 4.74. The molecule has 8 heteroatoms. The van der Waals surface area contributed by atoms with E-state index < -0.39 is 5.97 Å². The van der Waals surface area contributed by atoms with E-state index in [-0.39, 0.29) is 46.3 Å². The molecule has 0 saturated carbocycles. The summed E-state index contributed by atoms with van der Waals surface area (Å²) in [5.41, 5.74) is 0.240. The van der Waals surface area contributed by atoms with Crippen molar-refractivity contribution in [2.24, 2.45) is 0 Å². The standard InChI is InChI=1S/C10H6N4O3.Na/c15-9-5-3-12-8-6(10(16)17)4-13-14(8)7(5)1-2-11-9;/h1-4H,(H,11,15)(H,16,17);/q;+1/p-1. The van der Waals surface area contributed by atoms with Crippen molar-refractivity contribution in [3.8, 4) is 0 Å². The first-order chi connectivity index (χ1) is 8.18. The molecule has 0 saturated heterocycles. The number of fused-ring (bicyclic) bond motifs is 3. The van der Waals surface area contributed by atoms with E-state index in [2.05, 4.69) is 15.1 Å². The summed E-state index contributed by atoms with van der Waals surface area (Å²) in [6.45, 7) is 0. The van der Waals surface area contributed by atoms with Crippen LogP contribution in [0.5, 0.6) is 0 Å². The quantitative estimate of drug-likeness (QED) is 0.444. The molecule has 3 aromatic heterocycles. The minimum absolute atomic E-state index is 0. The third-order valence-electron chi connectivity index (χ3n) is 2.48. The second-order valence-electron chi connectivity index (χ2n) is 3.45. The zero-order valence-electron chi connectivity index (χ0n) is 9.38. The molecule has 1 N–H and O–H groups in total. The second kappa shape index (κ2) is 4.52. The van der Waals surface area contributed by atoms with Crippen LogP contribution in [0.3, 0.4) is 0 Å². The van der Waals surface area contributed by atoms with E-state index in [0.717, 1.165) is 6.20 Å². The summed E-state index contributed by atoms with van der Waals surface area (Å²) in [4.78, 5) is 28.7. The van der Waals surface area contributed by atoms with Crippen LogP contribution in [-0.2, 0) is 0 Å². The largest absolute Gasteiger partial charge is 1.00 e. The van der Waals surface area contributed by atoms with Crippen molar-refractivity contribution in [3.63, 3.8) is 0 Å². The van der Waals surface area contributed by atoms with Crippen LogP contribution in [0.2, 0.25) is 0 Å². The van der Waals surface area contributed by atoms with Gasteiger partial charge in [0, 0.05) is 12.4 Å². The molecule has 0 radical (unpaired) electrons. The number of rotatable bonds is 1. The van der Waals surface area contributed by atoms with Gasteiger partial charge in [-0.3, -0.25) is 4.79 Å². The number of aromatic amines is 1. The van der Waals surface area contributed by atoms with Crippen LogP contribution in [0.4, 0.5) is 0 Å². The zero-order valence-corrected chi connectivity index (χ0v) is 11.4. The molecule has 84 valence electrons. The number of carboxylic acid groups (broad SMARTS) is 1. The molecule has 3 rings (SSSR count). The summed E-state index contributed by atoms with van der Waals surface area (Å²) in [7, 11) is 0. The Labute approximate surface area is 122 Å². The number of aromatic carboxylic acids is 1. The summed E-state index contributed by atoms with van der Waals surface area (Å²) in [5.74, 6) is -1.35. The average molecular weight is 252 g/mol. The fourth-order valence-electron chi connectivity index (χ4n) is 1.70. The van der Waals surface area contributed by atoms with Gasteiger partial charge in [0.15, 0.2) is 5.65 Å². The first-order valence-corrected chi connectivity index (χ1v) is 4.74. The van der Waals surface area contributed by atoms with Crippen LogP contribution in [0, 0.1) is 0 Å². The minimum atomic E-state index is -1.35. The molecule has 0 aromatic carbocycles. The van der Waals surface area contributed by atoms with Crippen molar-refractivity contribution in [1.82, 2.24) is 19.6 Å². The smallest absolute Gasteiger partial charge is 0.545 e. The summed E-state index contributed by atoms with van der Waals surface area (Å²) < 4.78 is 1.30. The molecule has 0 atom stereocenters. The van der Waals surface area contributed by atoms with E-state index in [1.54, 1.807) is 6.07 Å². The number of hydrogen-bond donors (Lipinski definition) is 1. The van der Waals surface area contributed by atoms with Crippen LogP contribution in [0.25, 0.3) is 16.6 Å². The summed E-state index contributed by atoms with van der Waals surface area (Å²) in [5, 5.41) is 15.0. The van der Waals surface area contributed by atoms with Crippen LogP contribution >= 0.6 is 0 Å². The number of carboxylic acids is 1. The van der Waals surface area contributed by atoms with Crippen LogP contribution in [0.15, 0.2) is 29.5 Å². The third kappa shape index (κ3) is 1.72. The van der Waals surface area contributed by atoms with Gasteiger partial charge in [-0.2, -0.15) is 5.10 Å². The van der Waals surface area contributed by atoms with Gasteiger partial charge < -0.3 is 14.9 Å². The number of nitrogens with zero attached hydrogens (tertiary/aromatic N) is 3. The molecule has 3 aromatic rings. The number of carbonyl (C=O) groups is 1. The zero-order chi connectivity index (χ0) is 12.0. The molecule has 0 unspecified atom stereocenters. The van der Waals surface area contributed by atoms with E-state index in [1.807, 2.05) is 0 Å². The molecule has 0 aliphatic rings. The van der Waals surface area contributed by atoms with Crippen LogP contribution < -0.4 is 40.2 Å². The molecule has 18 heavy (non-hydrogen) atoms. The Morgan fingerprint density at radius 2 is 2.17 bits per heavy atom. The molecule has 0 aliphatic carbocycles. The summed E-state index contributed by atoms with van der Waals surface area (Å²) >= 11 is 0. The van der Waals surface area contributed by atoms with Gasteiger partial charge in [-0.05, 0) is 6.07 Å². The van der Waals surface area contributed by atoms with Gasteiger partial charge >= 0.3 is 29.6 Å². The maximum Gasteiger partial charge on any atom is 1.00 e.